The number of hydrogen-bond acceptors (Lipinski definition) is 1. The minimum Gasteiger partial charge on any atom is -0.327 e. The van der Waals surface area contributed by atoms with Crippen LogP contribution >= 0.6 is 10.9 Å². The van der Waals surface area contributed by atoms with Gasteiger partial charge in [-0.1, -0.05) is 12.2 Å². The maximum absolute atomic E-state index is 5.62. The van der Waals surface area contributed by atoms with Crippen LogP contribution in [-0.2, 0) is 0 Å². The first kappa shape index (κ1) is 6.90. The van der Waals surface area contributed by atoms with E-state index in [-0.39, 0.29) is 10.9 Å². The van der Waals surface area contributed by atoms with Gasteiger partial charge in [-0.05, 0) is 23.5 Å². The molecule has 0 aromatic rings. The van der Waals surface area contributed by atoms with Gasteiger partial charge in [0, 0.05) is 6.04 Å². The van der Waals surface area contributed by atoms with Crippen molar-refractivity contribution in [1.29, 1.82) is 0 Å². The number of thiol groups is 1. The topological polar surface area (TPSA) is 26.0 Å². The van der Waals surface area contributed by atoms with Gasteiger partial charge in [-0.3, -0.25) is 0 Å². The van der Waals surface area contributed by atoms with Gasteiger partial charge in [-0.15, -0.1) is 0 Å². The highest BCUT2D eigenvalue weighted by Gasteiger charge is 2.00. The summed E-state index contributed by atoms with van der Waals surface area (Å²) in [6.45, 7) is 2.06. The minimum atomic E-state index is 0.0293. The second-order valence-corrected chi connectivity index (χ2v) is 4.35. The summed E-state index contributed by atoms with van der Waals surface area (Å²) in [4.78, 5) is 0. The molecular formula is C7H13NS. The van der Waals surface area contributed by atoms with E-state index in [0.717, 1.165) is 5.75 Å². The SMILES string of the molecule is CC(N)C[SH]1C=CC=C1. The van der Waals surface area contributed by atoms with Crippen LogP contribution in [0.15, 0.2) is 23.0 Å². The summed E-state index contributed by atoms with van der Waals surface area (Å²) in [7, 11) is 0.0293. The van der Waals surface area contributed by atoms with Crippen molar-refractivity contribution < 1.29 is 0 Å². The van der Waals surface area contributed by atoms with Crippen molar-refractivity contribution in [3.8, 4) is 0 Å². The van der Waals surface area contributed by atoms with Crippen LogP contribution in [-0.4, -0.2) is 11.8 Å². The lowest BCUT2D eigenvalue weighted by molar-refractivity contribution is 0.847. The number of rotatable bonds is 2. The van der Waals surface area contributed by atoms with E-state index in [9.17, 15) is 0 Å². The summed E-state index contributed by atoms with van der Waals surface area (Å²) in [5.41, 5.74) is 5.62. The first-order chi connectivity index (χ1) is 4.29. The van der Waals surface area contributed by atoms with Crippen molar-refractivity contribution in [3.63, 3.8) is 0 Å². The molecule has 1 aliphatic heterocycles. The van der Waals surface area contributed by atoms with E-state index in [2.05, 4.69) is 29.9 Å². The van der Waals surface area contributed by atoms with Gasteiger partial charge in [0.1, 0.15) is 0 Å². The predicted molar refractivity (Wildman–Crippen MR) is 45.8 cm³/mol. The van der Waals surface area contributed by atoms with Crippen LogP contribution in [0.2, 0.25) is 0 Å². The molecule has 0 amide bonds. The smallest absolute Gasteiger partial charge is 0.00904 e. The Bertz CT molecular complexity index is 126. The molecule has 52 valence electrons. The van der Waals surface area contributed by atoms with Crippen LogP contribution in [0, 0.1) is 0 Å². The fourth-order valence-electron chi connectivity index (χ4n) is 0.824. The van der Waals surface area contributed by atoms with E-state index in [1.165, 1.54) is 0 Å². The molecule has 1 heterocycles. The molecule has 1 unspecified atom stereocenters. The van der Waals surface area contributed by atoms with Gasteiger partial charge < -0.3 is 5.73 Å². The first-order valence-electron chi connectivity index (χ1n) is 3.15. The van der Waals surface area contributed by atoms with E-state index < -0.39 is 0 Å². The van der Waals surface area contributed by atoms with Crippen molar-refractivity contribution in [2.45, 2.75) is 13.0 Å². The highest BCUT2D eigenvalue weighted by atomic mass is 32.2. The molecule has 2 heteroatoms. The molecular weight excluding hydrogens is 130 g/mol. The van der Waals surface area contributed by atoms with Crippen molar-refractivity contribution in [2.24, 2.45) is 5.73 Å². The Hall–Kier alpha value is -0.210. The van der Waals surface area contributed by atoms with Crippen LogP contribution in [0.4, 0.5) is 0 Å². The highest BCUT2D eigenvalue weighted by molar-refractivity contribution is 8.22. The summed E-state index contributed by atoms with van der Waals surface area (Å²) in [6.07, 6.45) is 4.21. The molecule has 0 radical (unpaired) electrons. The van der Waals surface area contributed by atoms with E-state index >= 15 is 0 Å². The summed E-state index contributed by atoms with van der Waals surface area (Å²) >= 11 is 0. The van der Waals surface area contributed by atoms with E-state index in [1.54, 1.807) is 0 Å². The van der Waals surface area contributed by atoms with Gasteiger partial charge in [-0.2, -0.15) is 0 Å². The standard InChI is InChI=1S/C7H13NS/c1-7(8)6-9-4-2-3-5-9/h2-5,7,9H,6,8H2,1H3. The Balaban J connectivity index is 2.29. The molecule has 0 saturated heterocycles. The largest absolute Gasteiger partial charge is 0.327 e. The average molecular weight is 143 g/mol. The van der Waals surface area contributed by atoms with Crippen LogP contribution in [0.25, 0.3) is 0 Å². The Morgan fingerprint density at radius 1 is 1.44 bits per heavy atom. The number of nitrogens with two attached hydrogens (primary N) is 1. The molecule has 0 fully saturated rings. The second kappa shape index (κ2) is 3.08. The van der Waals surface area contributed by atoms with Gasteiger partial charge in [0.05, 0.1) is 0 Å². The first-order valence-corrected chi connectivity index (χ1v) is 4.82. The van der Waals surface area contributed by atoms with Crippen molar-refractivity contribution in [3.05, 3.63) is 23.0 Å². The summed E-state index contributed by atoms with van der Waals surface area (Å²) in [6, 6.07) is 0.350. The Labute approximate surface area is 59.0 Å². The van der Waals surface area contributed by atoms with Gasteiger partial charge in [0.2, 0.25) is 0 Å². The fraction of sp³-hybridized carbons (Fsp3) is 0.429. The zero-order valence-corrected chi connectivity index (χ0v) is 6.51. The third-order valence-electron chi connectivity index (χ3n) is 1.16. The molecule has 1 nitrogen and oxygen atoms in total. The van der Waals surface area contributed by atoms with Crippen LogP contribution < -0.4 is 5.73 Å². The Kier molecular flexibility index (Phi) is 2.37. The lowest BCUT2D eigenvalue weighted by Crippen LogP contribution is -2.18. The molecule has 0 aromatic heterocycles. The molecule has 0 bridgehead atoms. The van der Waals surface area contributed by atoms with Gasteiger partial charge >= 0.3 is 0 Å². The lowest BCUT2D eigenvalue weighted by Gasteiger charge is -2.11. The molecule has 1 atom stereocenters. The van der Waals surface area contributed by atoms with Crippen molar-refractivity contribution >= 4 is 10.9 Å². The van der Waals surface area contributed by atoms with Crippen LogP contribution in [0.1, 0.15) is 6.92 Å². The minimum absolute atomic E-state index is 0.0293. The molecule has 2 N–H and O–H groups in total. The molecule has 0 saturated carbocycles. The van der Waals surface area contributed by atoms with E-state index in [4.69, 9.17) is 5.73 Å². The third-order valence-corrected chi connectivity index (χ3v) is 3.27. The Morgan fingerprint density at radius 2 is 2.00 bits per heavy atom. The quantitative estimate of drug-likeness (QED) is 0.561. The third kappa shape index (κ3) is 2.24. The number of hydrogen-bond donors (Lipinski definition) is 2. The summed E-state index contributed by atoms with van der Waals surface area (Å²) in [5, 5.41) is 4.50. The second-order valence-electron chi connectivity index (χ2n) is 2.36. The zero-order chi connectivity index (χ0) is 6.69. The molecule has 0 spiro atoms. The lowest BCUT2D eigenvalue weighted by atomic mass is 10.4. The van der Waals surface area contributed by atoms with Crippen molar-refractivity contribution in [2.75, 3.05) is 5.75 Å². The maximum Gasteiger partial charge on any atom is 0.00904 e. The van der Waals surface area contributed by atoms with Crippen molar-refractivity contribution in [1.82, 2.24) is 0 Å². The number of allylic oxidation sites excluding steroid dienone is 2. The van der Waals surface area contributed by atoms with Gasteiger partial charge in [0.25, 0.3) is 0 Å². The maximum atomic E-state index is 5.62. The molecule has 0 aliphatic carbocycles. The zero-order valence-electron chi connectivity index (χ0n) is 5.62. The fourth-order valence-corrected chi connectivity index (χ4v) is 2.47. The normalized spacial score (nSPS) is 23.1. The highest BCUT2D eigenvalue weighted by Crippen LogP contribution is 2.32. The average Bonchev–Trinajstić information content (AvgIpc) is 2.15. The van der Waals surface area contributed by atoms with E-state index in [0.29, 0.717) is 6.04 Å². The summed E-state index contributed by atoms with van der Waals surface area (Å²) < 4.78 is 0. The van der Waals surface area contributed by atoms with Gasteiger partial charge in [-0.25, -0.2) is 10.9 Å². The molecule has 1 rings (SSSR count). The molecule has 0 aromatic carbocycles. The molecule has 1 aliphatic rings. The summed E-state index contributed by atoms with van der Waals surface area (Å²) in [5.74, 6) is 1.14. The molecule has 9 heavy (non-hydrogen) atoms. The van der Waals surface area contributed by atoms with E-state index in [1.807, 2.05) is 0 Å². The Morgan fingerprint density at radius 3 is 2.44 bits per heavy atom. The van der Waals surface area contributed by atoms with Crippen LogP contribution in [0.3, 0.4) is 0 Å². The van der Waals surface area contributed by atoms with Gasteiger partial charge in [0.15, 0.2) is 0 Å². The van der Waals surface area contributed by atoms with Crippen LogP contribution in [0.5, 0.6) is 0 Å². The monoisotopic (exact) mass is 143 g/mol. The predicted octanol–water partition coefficient (Wildman–Crippen LogP) is 1.38.